The summed E-state index contributed by atoms with van der Waals surface area (Å²) in [6.45, 7) is 6.53. The third-order valence-corrected chi connectivity index (χ3v) is 3.50. The number of carbonyl (C=O) groups is 1. The van der Waals surface area contributed by atoms with E-state index in [-0.39, 0.29) is 11.9 Å². The number of rotatable bonds is 4. The third kappa shape index (κ3) is 3.08. The number of benzene rings is 1. The highest BCUT2D eigenvalue weighted by Gasteiger charge is 2.12. The minimum atomic E-state index is 0.0288. The van der Waals surface area contributed by atoms with Crippen LogP contribution < -0.4 is 11.1 Å². The minimum absolute atomic E-state index is 0.0288. The molecular formula is C15H21N3O. The lowest BCUT2D eigenvalue weighted by molar-refractivity contribution is -0.122. The van der Waals surface area contributed by atoms with Crippen LogP contribution in [0, 0.1) is 5.92 Å². The van der Waals surface area contributed by atoms with Gasteiger partial charge in [0.15, 0.2) is 0 Å². The van der Waals surface area contributed by atoms with Crippen molar-refractivity contribution >= 4 is 22.5 Å². The van der Waals surface area contributed by atoms with Crippen molar-refractivity contribution < 1.29 is 4.79 Å². The molecule has 0 spiro atoms. The first-order chi connectivity index (χ1) is 8.97. The maximum atomic E-state index is 12.0. The van der Waals surface area contributed by atoms with E-state index in [0.29, 0.717) is 18.2 Å². The summed E-state index contributed by atoms with van der Waals surface area (Å²) in [6, 6.07) is 7.91. The monoisotopic (exact) mass is 259 g/mol. The van der Waals surface area contributed by atoms with E-state index in [2.05, 4.69) is 19.2 Å². The number of anilines is 1. The van der Waals surface area contributed by atoms with Gasteiger partial charge in [0, 0.05) is 17.9 Å². The molecule has 2 rings (SSSR count). The molecule has 3 N–H and O–H groups in total. The molecule has 1 aromatic carbocycles. The molecule has 4 heteroatoms. The van der Waals surface area contributed by atoms with E-state index < -0.39 is 0 Å². The molecule has 0 saturated heterocycles. The smallest absolute Gasteiger partial charge is 0.240 e. The number of nitrogens with zero attached hydrogens (tertiary/aromatic N) is 1. The highest BCUT2D eigenvalue weighted by molar-refractivity contribution is 5.85. The molecule has 0 radical (unpaired) electrons. The van der Waals surface area contributed by atoms with Crippen molar-refractivity contribution in [2.75, 3.05) is 5.73 Å². The van der Waals surface area contributed by atoms with E-state index in [1.165, 1.54) is 0 Å². The number of amides is 1. The fraction of sp³-hybridized carbons (Fsp3) is 0.400. The zero-order valence-corrected chi connectivity index (χ0v) is 11.7. The molecular weight excluding hydrogens is 238 g/mol. The molecule has 0 fully saturated rings. The van der Waals surface area contributed by atoms with Crippen molar-refractivity contribution in [1.82, 2.24) is 9.88 Å². The van der Waals surface area contributed by atoms with Crippen LogP contribution >= 0.6 is 0 Å². The van der Waals surface area contributed by atoms with Gasteiger partial charge in [0.2, 0.25) is 5.91 Å². The summed E-state index contributed by atoms with van der Waals surface area (Å²) >= 11 is 0. The Kier molecular flexibility index (Phi) is 3.79. The Balaban J connectivity index is 2.13. The van der Waals surface area contributed by atoms with E-state index in [1.807, 2.05) is 42.0 Å². The van der Waals surface area contributed by atoms with E-state index in [0.717, 1.165) is 10.9 Å². The van der Waals surface area contributed by atoms with Gasteiger partial charge in [-0.25, -0.2) is 0 Å². The number of fused-ring (bicyclic) bond motifs is 1. The molecule has 1 aromatic heterocycles. The van der Waals surface area contributed by atoms with Gasteiger partial charge >= 0.3 is 0 Å². The Morgan fingerprint density at radius 3 is 2.74 bits per heavy atom. The maximum absolute atomic E-state index is 12.0. The van der Waals surface area contributed by atoms with Gasteiger partial charge in [-0.05, 0) is 36.4 Å². The van der Waals surface area contributed by atoms with Crippen LogP contribution in [0.1, 0.15) is 20.8 Å². The number of nitrogen functional groups attached to an aromatic ring is 1. The molecule has 1 unspecified atom stereocenters. The van der Waals surface area contributed by atoms with E-state index in [1.54, 1.807) is 0 Å². The lowest BCUT2D eigenvalue weighted by Crippen LogP contribution is -2.38. The summed E-state index contributed by atoms with van der Waals surface area (Å²) in [4.78, 5) is 12.0. The molecule has 0 aliphatic carbocycles. The second kappa shape index (κ2) is 5.34. The molecule has 102 valence electrons. The highest BCUT2D eigenvalue weighted by atomic mass is 16.2. The van der Waals surface area contributed by atoms with Crippen molar-refractivity contribution in [2.45, 2.75) is 33.4 Å². The third-order valence-electron chi connectivity index (χ3n) is 3.50. The van der Waals surface area contributed by atoms with Gasteiger partial charge in [-0.2, -0.15) is 0 Å². The zero-order valence-electron chi connectivity index (χ0n) is 11.7. The molecule has 2 aromatic rings. The van der Waals surface area contributed by atoms with Crippen molar-refractivity contribution in [3.05, 3.63) is 30.5 Å². The van der Waals surface area contributed by atoms with Gasteiger partial charge < -0.3 is 15.6 Å². The number of hydrogen-bond acceptors (Lipinski definition) is 2. The lowest BCUT2D eigenvalue weighted by atomic mass is 10.1. The van der Waals surface area contributed by atoms with E-state index in [4.69, 9.17) is 5.73 Å². The summed E-state index contributed by atoms with van der Waals surface area (Å²) in [5.41, 5.74) is 7.49. The Morgan fingerprint density at radius 2 is 2.05 bits per heavy atom. The predicted molar refractivity (Wildman–Crippen MR) is 78.8 cm³/mol. The zero-order chi connectivity index (χ0) is 14.0. The molecule has 1 amide bonds. The fourth-order valence-corrected chi connectivity index (χ4v) is 1.96. The van der Waals surface area contributed by atoms with Gasteiger partial charge in [-0.1, -0.05) is 19.9 Å². The van der Waals surface area contributed by atoms with Crippen molar-refractivity contribution in [2.24, 2.45) is 5.92 Å². The molecule has 0 aliphatic heterocycles. The summed E-state index contributed by atoms with van der Waals surface area (Å²) in [5.74, 6) is 0.460. The number of aromatic nitrogens is 1. The summed E-state index contributed by atoms with van der Waals surface area (Å²) in [5, 5.41) is 4.10. The summed E-state index contributed by atoms with van der Waals surface area (Å²) in [7, 11) is 0. The van der Waals surface area contributed by atoms with Gasteiger partial charge in [0.25, 0.3) is 0 Å². The van der Waals surface area contributed by atoms with Crippen LogP contribution in [0.25, 0.3) is 10.9 Å². The number of nitrogens with one attached hydrogen (secondary N) is 1. The predicted octanol–water partition coefficient (Wildman–Crippen LogP) is 2.38. The van der Waals surface area contributed by atoms with Crippen LogP contribution in [0.3, 0.4) is 0 Å². The average Bonchev–Trinajstić information content (AvgIpc) is 2.71. The van der Waals surface area contributed by atoms with Crippen LogP contribution in [0.4, 0.5) is 5.69 Å². The second-order valence-electron chi connectivity index (χ2n) is 5.36. The standard InChI is InChI=1S/C15H21N3O/c1-10(2)11(3)17-15(19)9-18-7-6-12-4-5-13(16)8-14(12)18/h4-8,10-11H,9,16H2,1-3H3,(H,17,19). The summed E-state index contributed by atoms with van der Waals surface area (Å²) < 4.78 is 1.92. The van der Waals surface area contributed by atoms with Crippen LogP contribution in [0.15, 0.2) is 30.5 Å². The SMILES string of the molecule is CC(C)C(C)NC(=O)Cn1ccc2ccc(N)cc21. The number of carbonyl (C=O) groups excluding carboxylic acids is 1. The molecule has 4 nitrogen and oxygen atoms in total. The normalized spacial score (nSPS) is 12.8. The first kappa shape index (κ1) is 13.5. The van der Waals surface area contributed by atoms with Gasteiger partial charge in [-0.3, -0.25) is 4.79 Å². The van der Waals surface area contributed by atoms with Crippen LogP contribution in [0.2, 0.25) is 0 Å². The second-order valence-corrected chi connectivity index (χ2v) is 5.36. The van der Waals surface area contributed by atoms with E-state index >= 15 is 0 Å². The largest absolute Gasteiger partial charge is 0.399 e. The van der Waals surface area contributed by atoms with Crippen LogP contribution in [-0.2, 0) is 11.3 Å². The molecule has 0 saturated carbocycles. The van der Waals surface area contributed by atoms with Gasteiger partial charge in [0.1, 0.15) is 6.54 Å². The number of hydrogen-bond donors (Lipinski definition) is 2. The molecule has 0 bridgehead atoms. The van der Waals surface area contributed by atoms with Crippen LogP contribution in [0.5, 0.6) is 0 Å². The van der Waals surface area contributed by atoms with Gasteiger partial charge in [0.05, 0.1) is 5.52 Å². The van der Waals surface area contributed by atoms with Gasteiger partial charge in [-0.15, -0.1) is 0 Å². The Bertz CT molecular complexity index is 586. The first-order valence-corrected chi connectivity index (χ1v) is 6.61. The first-order valence-electron chi connectivity index (χ1n) is 6.61. The maximum Gasteiger partial charge on any atom is 0.240 e. The molecule has 1 atom stereocenters. The number of nitrogens with two attached hydrogens (primary N) is 1. The van der Waals surface area contributed by atoms with Crippen molar-refractivity contribution in [3.63, 3.8) is 0 Å². The molecule has 19 heavy (non-hydrogen) atoms. The lowest BCUT2D eigenvalue weighted by Gasteiger charge is -2.17. The fourth-order valence-electron chi connectivity index (χ4n) is 1.96. The highest BCUT2D eigenvalue weighted by Crippen LogP contribution is 2.18. The Morgan fingerprint density at radius 1 is 1.32 bits per heavy atom. The van der Waals surface area contributed by atoms with Crippen molar-refractivity contribution in [3.8, 4) is 0 Å². The quantitative estimate of drug-likeness (QED) is 0.828. The average molecular weight is 259 g/mol. The Labute approximate surface area is 113 Å². The van der Waals surface area contributed by atoms with E-state index in [9.17, 15) is 4.79 Å². The summed E-state index contributed by atoms with van der Waals surface area (Å²) in [6.07, 6.45) is 1.92. The Hall–Kier alpha value is -1.97. The molecule has 1 heterocycles. The van der Waals surface area contributed by atoms with Crippen LogP contribution in [-0.4, -0.2) is 16.5 Å². The molecule has 0 aliphatic rings. The minimum Gasteiger partial charge on any atom is -0.399 e. The topological polar surface area (TPSA) is 60.0 Å². The van der Waals surface area contributed by atoms with Crippen molar-refractivity contribution in [1.29, 1.82) is 0 Å².